The van der Waals surface area contributed by atoms with Crippen LogP contribution in [0.3, 0.4) is 0 Å². The van der Waals surface area contributed by atoms with E-state index < -0.39 is 0 Å². The molecule has 0 spiro atoms. The van der Waals surface area contributed by atoms with Crippen LogP contribution in [0.5, 0.6) is 0 Å². The van der Waals surface area contributed by atoms with Crippen LogP contribution < -0.4 is 0 Å². The fourth-order valence-corrected chi connectivity index (χ4v) is 3.71. The van der Waals surface area contributed by atoms with Gasteiger partial charge in [-0.1, -0.05) is 0 Å². The highest BCUT2D eigenvalue weighted by atomic mass is 15.2. The highest BCUT2D eigenvalue weighted by Crippen LogP contribution is 2.34. The molecule has 2 aromatic heterocycles. The summed E-state index contributed by atoms with van der Waals surface area (Å²) >= 11 is 0. The van der Waals surface area contributed by atoms with Crippen molar-refractivity contribution in [1.82, 2.24) is 29.3 Å². The number of aromatic nitrogens is 4. The zero-order chi connectivity index (χ0) is 18.0. The van der Waals surface area contributed by atoms with E-state index in [9.17, 15) is 0 Å². The highest BCUT2D eigenvalue weighted by molar-refractivity contribution is 5.22. The van der Waals surface area contributed by atoms with Gasteiger partial charge >= 0.3 is 0 Å². The largest absolute Gasteiger partial charge is 0.331 e. The second-order valence-electron chi connectivity index (χ2n) is 7.54. The first-order chi connectivity index (χ1) is 12.0. The smallest absolute Gasteiger partial charge is 0.125 e. The fourth-order valence-electron chi connectivity index (χ4n) is 3.71. The van der Waals surface area contributed by atoms with Crippen LogP contribution in [0.15, 0.2) is 18.6 Å². The van der Waals surface area contributed by atoms with E-state index in [1.807, 2.05) is 19.3 Å². The molecule has 1 unspecified atom stereocenters. The van der Waals surface area contributed by atoms with E-state index in [-0.39, 0.29) is 0 Å². The number of imidazole rings is 1. The lowest BCUT2D eigenvalue weighted by atomic mass is 10.1. The molecule has 1 atom stereocenters. The van der Waals surface area contributed by atoms with Crippen molar-refractivity contribution in [3.63, 3.8) is 0 Å². The second-order valence-corrected chi connectivity index (χ2v) is 7.54. The summed E-state index contributed by atoms with van der Waals surface area (Å²) in [6, 6.07) is 0.790. The molecule has 0 bridgehead atoms. The minimum absolute atomic E-state index is 0.356. The van der Waals surface area contributed by atoms with Crippen molar-refractivity contribution in [2.75, 3.05) is 20.6 Å². The fraction of sp³-hybridized carbons (Fsp3) is 0.632. The molecule has 6 nitrogen and oxygen atoms in total. The minimum Gasteiger partial charge on any atom is -0.331 e. The average Bonchev–Trinajstić information content (AvgIpc) is 3.18. The monoisotopic (exact) mass is 342 g/mol. The molecule has 1 aliphatic rings. The van der Waals surface area contributed by atoms with E-state index >= 15 is 0 Å². The molecule has 0 amide bonds. The zero-order valence-corrected chi connectivity index (χ0v) is 16.1. The standard InChI is InChI=1S/C19H30N6/c1-14(2)25-10-8-20-18(25)13-24-9-6-7-17(24)19-16(12-23(4)5)11-21-15(3)22-19/h8,10-11,14,17H,6-7,9,12-13H2,1-5H3. The zero-order valence-electron chi connectivity index (χ0n) is 16.1. The summed E-state index contributed by atoms with van der Waals surface area (Å²) in [5, 5.41) is 0. The van der Waals surface area contributed by atoms with Gasteiger partial charge in [0.15, 0.2) is 0 Å². The van der Waals surface area contributed by atoms with Crippen molar-refractivity contribution in [1.29, 1.82) is 0 Å². The number of likely N-dealkylation sites (tertiary alicyclic amines) is 1. The third-order valence-electron chi connectivity index (χ3n) is 4.83. The molecule has 136 valence electrons. The Balaban J connectivity index is 1.86. The van der Waals surface area contributed by atoms with Crippen molar-refractivity contribution in [3.8, 4) is 0 Å². The summed E-state index contributed by atoms with van der Waals surface area (Å²) in [7, 11) is 4.19. The number of hydrogen-bond donors (Lipinski definition) is 0. The number of nitrogens with zero attached hydrogens (tertiary/aromatic N) is 6. The number of rotatable bonds is 6. The van der Waals surface area contributed by atoms with Gasteiger partial charge < -0.3 is 9.47 Å². The van der Waals surface area contributed by atoms with Crippen molar-refractivity contribution in [3.05, 3.63) is 41.5 Å². The van der Waals surface area contributed by atoms with Crippen LogP contribution in [-0.2, 0) is 13.1 Å². The molecule has 0 radical (unpaired) electrons. The van der Waals surface area contributed by atoms with E-state index in [0.717, 1.165) is 37.7 Å². The third-order valence-corrected chi connectivity index (χ3v) is 4.83. The minimum atomic E-state index is 0.356. The van der Waals surface area contributed by atoms with Gasteiger partial charge in [-0.3, -0.25) is 4.90 Å². The Morgan fingerprint density at radius 1 is 1.28 bits per heavy atom. The van der Waals surface area contributed by atoms with Crippen LogP contribution in [0.4, 0.5) is 0 Å². The van der Waals surface area contributed by atoms with Gasteiger partial charge in [0.2, 0.25) is 0 Å². The van der Waals surface area contributed by atoms with Gasteiger partial charge in [0, 0.05) is 36.7 Å². The van der Waals surface area contributed by atoms with E-state index in [2.05, 4.69) is 58.5 Å². The Hall–Kier alpha value is -1.79. The van der Waals surface area contributed by atoms with Crippen molar-refractivity contribution >= 4 is 0 Å². The third kappa shape index (κ3) is 4.07. The first kappa shape index (κ1) is 18.0. The van der Waals surface area contributed by atoms with Crippen LogP contribution >= 0.6 is 0 Å². The summed E-state index contributed by atoms with van der Waals surface area (Å²) in [4.78, 5) is 18.6. The van der Waals surface area contributed by atoms with E-state index in [1.54, 1.807) is 0 Å². The quantitative estimate of drug-likeness (QED) is 0.808. The molecular weight excluding hydrogens is 312 g/mol. The molecule has 0 aliphatic carbocycles. The first-order valence-corrected chi connectivity index (χ1v) is 9.18. The van der Waals surface area contributed by atoms with Crippen LogP contribution in [0.1, 0.15) is 61.7 Å². The number of aryl methyl sites for hydroxylation is 1. The van der Waals surface area contributed by atoms with Gasteiger partial charge in [0.25, 0.3) is 0 Å². The average molecular weight is 342 g/mol. The molecule has 6 heteroatoms. The van der Waals surface area contributed by atoms with Crippen molar-refractivity contribution in [2.45, 2.75) is 58.8 Å². The van der Waals surface area contributed by atoms with Crippen LogP contribution in [0.25, 0.3) is 0 Å². The van der Waals surface area contributed by atoms with E-state index in [1.165, 1.54) is 17.7 Å². The topological polar surface area (TPSA) is 50.1 Å². The van der Waals surface area contributed by atoms with Gasteiger partial charge in [0.1, 0.15) is 11.6 Å². The molecule has 3 rings (SSSR count). The Morgan fingerprint density at radius 2 is 2.08 bits per heavy atom. The molecule has 0 aromatic carbocycles. The summed E-state index contributed by atoms with van der Waals surface area (Å²) in [6.45, 7) is 9.24. The van der Waals surface area contributed by atoms with Crippen LogP contribution in [0.2, 0.25) is 0 Å². The predicted octanol–water partition coefficient (Wildman–Crippen LogP) is 2.96. The van der Waals surface area contributed by atoms with Gasteiger partial charge in [-0.25, -0.2) is 15.0 Å². The molecule has 3 heterocycles. The van der Waals surface area contributed by atoms with Gasteiger partial charge in [-0.2, -0.15) is 0 Å². The Labute approximate surface area is 150 Å². The summed E-state index contributed by atoms with van der Waals surface area (Å²) in [5.74, 6) is 2.00. The SMILES string of the molecule is Cc1ncc(CN(C)C)c(C2CCCN2Cc2nccn2C(C)C)n1. The summed E-state index contributed by atoms with van der Waals surface area (Å²) in [5.41, 5.74) is 2.43. The Morgan fingerprint density at radius 3 is 2.80 bits per heavy atom. The van der Waals surface area contributed by atoms with Crippen molar-refractivity contribution < 1.29 is 0 Å². The van der Waals surface area contributed by atoms with Gasteiger partial charge in [-0.05, 0) is 54.3 Å². The maximum atomic E-state index is 4.84. The first-order valence-electron chi connectivity index (χ1n) is 9.18. The maximum absolute atomic E-state index is 4.84. The molecule has 1 aliphatic heterocycles. The molecule has 1 fully saturated rings. The molecular formula is C19H30N6. The Bertz CT molecular complexity index is 706. The molecule has 0 saturated carbocycles. The Kier molecular flexibility index (Phi) is 5.49. The van der Waals surface area contributed by atoms with Crippen LogP contribution in [0, 0.1) is 6.92 Å². The molecule has 2 aromatic rings. The van der Waals surface area contributed by atoms with Gasteiger partial charge in [0.05, 0.1) is 18.3 Å². The van der Waals surface area contributed by atoms with Gasteiger partial charge in [-0.15, -0.1) is 0 Å². The predicted molar refractivity (Wildman–Crippen MR) is 99.2 cm³/mol. The van der Waals surface area contributed by atoms with Crippen molar-refractivity contribution in [2.24, 2.45) is 0 Å². The molecule has 0 N–H and O–H groups in total. The maximum Gasteiger partial charge on any atom is 0.125 e. The normalized spacial score (nSPS) is 18.6. The molecule has 1 saturated heterocycles. The lowest BCUT2D eigenvalue weighted by molar-refractivity contribution is 0.230. The molecule has 25 heavy (non-hydrogen) atoms. The summed E-state index contributed by atoms with van der Waals surface area (Å²) < 4.78 is 2.27. The summed E-state index contributed by atoms with van der Waals surface area (Å²) in [6.07, 6.45) is 8.35. The second kappa shape index (κ2) is 7.62. The highest BCUT2D eigenvalue weighted by Gasteiger charge is 2.30. The van der Waals surface area contributed by atoms with Crippen LogP contribution in [-0.4, -0.2) is 50.0 Å². The lowest BCUT2D eigenvalue weighted by Crippen LogP contribution is -2.27. The van der Waals surface area contributed by atoms with E-state index in [4.69, 9.17) is 4.98 Å². The number of hydrogen-bond acceptors (Lipinski definition) is 5. The van der Waals surface area contributed by atoms with E-state index in [0.29, 0.717) is 12.1 Å². The lowest BCUT2D eigenvalue weighted by Gasteiger charge is -2.27.